The number of hydrogen-bond acceptors (Lipinski definition) is 3. The molecule has 17 heavy (non-hydrogen) atoms. The van der Waals surface area contributed by atoms with Crippen molar-refractivity contribution in [2.24, 2.45) is 11.8 Å². The highest BCUT2D eigenvalue weighted by atomic mass is 16.5. The number of esters is 1. The first-order valence-corrected chi connectivity index (χ1v) is 6.92. The Morgan fingerprint density at radius 3 is 2.47 bits per heavy atom. The van der Waals surface area contributed by atoms with Gasteiger partial charge in [-0.05, 0) is 37.5 Å². The van der Waals surface area contributed by atoms with E-state index in [1.807, 2.05) is 0 Å². The fraction of sp³-hybridized carbons (Fsp3) is 0.929. The van der Waals surface area contributed by atoms with Crippen LogP contribution in [0.5, 0.6) is 0 Å². The lowest BCUT2D eigenvalue weighted by molar-refractivity contribution is -0.143. The van der Waals surface area contributed by atoms with Crippen LogP contribution in [0, 0.1) is 11.8 Å². The van der Waals surface area contributed by atoms with Crippen LogP contribution < -0.4 is 5.32 Å². The Kier molecular flexibility index (Phi) is 5.96. The van der Waals surface area contributed by atoms with Crippen molar-refractivity contribution in [2.75, 3.05) is 7.11 Å². The lowest BCUT2D eigenvalue weighted by Crippen LogP contribution is -2.45. The highest BCUT2D eigenvalue weighted by molar-refractivity contribution is 5.75. The Morgan fingerprint density at radius 1 is 1.41 bits per heavy atom. The van der Waals surface area contributed by atoms with Gasteiger partial charge >= 0.3 is 5.97 Å². The maximum Gasteiger partial charge on any atom is 0.322 e. The molecule has 0 aromatic rings. The fourth-order valence-electron chi connectivity index (χ4n) is 2.37. The van der Waals surface area contributed by atoms with Crippen LogP contribution in [0.3, 0.4) is 0 Å². The Hall–Kier alpha value is -0.570. The molecular weight excluding hydrogens is 214 g/mol. The van der Waals surface area contributed by atoms with E-state index in [0.717, 1.165) is 18.8 Å². The van der Waals surface area contributed by atoms with Crippen molar-refractivity contribution in [1.82, 2.24) is 5.32 Å². The van der Waals surface area contributed by atoms with E-state index in [2.05, 4.69) is 26.1 Å². The van der Waals surface area contributed by atoms with Crippen molar-refractivity contribution >= 4 is 5.97 Å². The van der Waals surface area contributed by atoms with Crippen molar-refractivity contribution in [3.05, 3.63) is 0 Å². The minimum atomic E-state index is -0.128. The van der Waals surface area contributed by atoms with E-state index >= 15 is 0 Å². The molecule has 2 unspecified atom stereocenters. The van der Waals surface area contributed by atoms with Gasteiger partial charge in [0.25, 0.3) is 0 Å². The van der Waals surface area contributed by atoms with E-state index in [1.165, 1.54) is 26.4 Å². The number of methoxy groups -OCH3 is 1. The van der Waals surface area contributed by atoms with Gasteiger partial charge in [-0.15, -0.1) is 0 Å². The summed E-state index contributed by atoms with van der Waals surface area (Å²) in [7, 11) is 1.48. The number of carbonyl (C=O) groups excluding carboxylic acids is 1. The van der Waals surface area contributed by atoms with Gasteiger partial charge in [-0.3, -0.25) is 4.79 Å². The molecule has 3 nitrogen and oxygen atoms in total. The Morgan fingerprint density at radius 2 is 2.06 bits per heavy atom. The third kappa shape index (κ3) is 5.07. The average Bonchev–Trinajstić information content (AvgIpc) is 3.09. The van der Waals surface area contributed by atoms with Gasteiger partial charge in [-0.25, -0.2) is 0 Å². The van der Waals surface area contributed by atoms with Crippen molar-refractivity contribution in [2.45, 2.75) is 65.0 Å². The summed E-state index contributed by atoms with van der Waals surface area (Å²) in [6, 6.07) is 0.375. The predicted molar refractivity (Wildman–Crippen MR) is 69.8 cm³/mol. The largest absolute Gasteiger partial charge is 0.468 e. The highest BCUT2D eigenvalue weighted by Crippen LogP contribution is 2.35. The summed E-state index contributed by atoms with van der Waals surface area (Å²) in [5.41, 5.74) is 0. The van der Waals surface area contributed by atoms with Crippen LogP contribution in [0.1, 0.15) is 52.9 Å². The van der Waals surface area contributed by atoms with E-state index in [4.69, 9.17) is 4.74 Å². The highest BCUT2D eigenvalue weighted by Gasteiger charge is 2.33. The van der Waals surface area contributed by atoms with E-state index in [9.17, 15) is 4.79 Å². The number of carbonyl (C=O) groups is 1. The second-order valence-electron chi connectivity index (χ2n) is 5.60. The van der Waals surface area contributed by atoms with Gasteiger partial charge < -0.3 is 10.1 Å². The van der Waals surface area contributed by atoms with E-state index in [0.29, 0.717) is 12.0 Å². The molecule has 1 aliphatic carbocycles. The molecule has 0 aliphatic heterocycles. The van der Waals surface area contributed by atoms with Gasteiger partial charge in [0.15, 0.2) is 0 Å². The third-order valence-corrected chi connectivity index (χ3v) is 3.40. The molecule has 2 atom stereocenters. The maximum atomic E-state index is 11.7. The van der Waals surface area contributed by atoms with Crippen molar-refractivity contribution < 1.29 is 9.53 Å². The van der Waals surface area contributed by atoms with Crippen LogP contribution >= 0.6 is 0 Å². The van der Waals surface area contributed by atoms with Gasteiger partial charge in [0.2, 0.25) is 0 Å². The second kappa shape index (κ2) is 7.00. The summed E-state index contributed by atoms with van der Waals surface area (Å²) in [6.07, 6.45) is 5.82. The van der Waals surface area contributed by atoms with Gasteiger partial charge in [0.05, 0.1) is 7.11 Å². The minimum Gasteiger partial charge on any atom is -0.468 e. The number of nitrogens with one attached hydrogen (secondary N) is 1. The molecule has 100 valence electrons. The van der Waals surface area contributed by atoms with Crippen molar-refractivity contribution in [3.63, 3.8) is 0 Å². The molecule has 1 saturated carbocycles. The monoisotopic (exact) mass is 241 g/mol. The first-order chi connectivity index (χ1) is 8.08. The lowest BCUT2D eigenvalue weighted by atomic mass is 10.00. The standard InChI is InChI=1S/C14H27NO2/c1-5-6-12(11-7-8-11)15-13(9-10(2)3)14(16)17-4/h10-13,15H,5-9H2,1-4H3. The molecule has 0 aromatic carbocycles. The Balaban J connectivity index is 2.52. The van der Waals surface area contributed by atoms with E-state index < -0.39 is 0 Å². The molecule has 1 N–H and O–H groups in total. The molecule has 1 aliphatic rings. The zero-order chi connectivity index (χ0) is 12.8. The molecule has 1 fully saturated rings. The van der Waals surface area contributed by atoms with Crippen LogP contribution in [0.2, 0.25) is 0 Å². The summed E-state index contributed by atoms with van der Waals surface area (Å²) < 4.78 is 4.89. The Bertz CT molecular complexity index is 236. The zero-order valence-electron chi connectivity index (χ0n) is 11.7. The number of rotatable bonds is 8. The third-order valence-electron chi connectivity index (χ3n) is 3.40. The molecule has 0 bridgehead atoms. The molecule has 0 saturated heterocycles. The molecule has 3 heteroatoms. The van der Waals surface area contributed by atoms with Crippen LogP contribution in [0.25, 0.3) is 0 Å². The van der Waals surface area contributed by atoms with Crippen molar-refractivity contribution in [3.8, 4) is 0 Å². The molecular formula is C14H27NO2. The van der Waals surface area contributed by atoms with Gasteiger partial charge in [-0.2, -0.15) is 0 Å². The molecule has 0 radical (unpaired) electrons. The topological polar surface area (TPSA) is 38.3 Å². The van der Waals surface area contributed by atoms with E-state index in [1.54, 1.807) is 0 Å². The summed E-state index contributed by atoms with van der Waals surface area (Å²) in [4.78, 5) is 11.7. The van der Waals surface area contributed by atoms with Gasteiger partial charge in [-0.1, -0.05) is 27.2 Å². The lowest BCUT2D eigenvalue weighted by Gasteiger charge is -2.25. The predicted octanol–water partition coefficient (Wildman–Crippen LogP) is 2.74. The SMILES string of the molecule is CCCC(NC(CC(C)C)C(=O)OC)C1CC1. The maximum absolute atomic E-state index is 11.7. The number of hydrogen-bond donors (Lipinski definition) is 1. The van der Waals surface area contributed by atoms with Crippen LogP contribution in [0.4, 0.5) is 0 Å². The smallest absolute Gasteiger partial charge is 0.322 e. The number of ether oxygens (including phenoxy) is 1. The molecule has 1 rings (SSSR count). The molecule has 0 amide bonds. The second-order valence-corrected chi connectivity index (χ2v) is 5.60. The quantitative estimate of drug-likeness (QED) is 0.664. The van der Waals surface area contributed by atoms with E-state index in [-0.39, 0.29) is 12.0 Å². The summed E-state index contributed by atoms with van der Waals surface area (Å²) in [6.45, 7) is 6.49. The first-order valence-electron chi connectivity index (χ1n) is 6.92. The van der Waals surface area contributed by atoms with Crippen molar-refractivity contribution in [1.29, 1.82) is 0 Å². The summed E-state index contributed by atoms with van der Waals surface area (Å²) >= 11 is 0. The summed E-state index contributed by atoms with van der Waals surface area (Å²) in [5, 5.41) is 3.52. The average molecular weight is 241 g/mol. The van der Waals surface area contributed by atoms with Crippen LogP contribution in [-0.2, 0) is 9.53 Å². The molecule has 0 spiro atoms. The zero-order valence-corrected chi connectivity index (χ0v) is 11.7. The fourth-order valence-corrected chi connectivity index (χ4v) is 2.37. The normalized spacial score (nSPS) is 19.1. The van der Waals surface area contributed by atoms with Crippen LogP contribution in [0.15, 0.2) is 0 Å². The Labute approximate surface area is 105 Å². The van der Waals surface area contributed by atoms with Crippen LogP contribution in [-0.4, -0.2) is 25.2 Å². The van der Waals surface area contributed by atoms with Gasteiger partial charge in [0, 0.05) is 6.04 Å². The van der Waals surface area contributed by atoms with Gasteiger partial charge in [0.1, 0.15) is 6.04 Å². The molecule has 0 aromatic heterocycles. The minimum absolute atomic E-state index is 0.111. The molecule has 0 heterocycles. The first kappa shape index (κ1) is 14.5. The summed E-state index contributed by atoms with van der Waals surface area (Å²) in [5.74, 6) is 1.18.